The Labute approximate surface area is 97.7 Å². The zero-order valence-electron chi connectivity index (χ0n) is 8.21. The van der Waals surface area contributed by atoms with Crippen LogP contribution in [0.4, 0.5) is 13.2 Å². The Morgan fingerprint density at radius 1 is 1.24 bits per heavy atom. The molecule has 2 aromatic rings. The fraction of sp³-hybridized carbons (Fsp3) is 0. The molecule has 0 aliphatic rings. The minimum absolute atomic E-state index is 0.118. The first-order valence-corrected chi connectivity index (χ1v) is 5.28. The van der Waals surface area contributed by atoms with Gasteiger partial charge >= 0.3 is 0 Å². The molecule has 7 heteroatoms. The standard InChI is InChI=1S/C10H5F3N2OS/c11-4-1-2-5(12)8(13)7(4)10-15-6(3-17-10)9(14)16/h1-3H,(H2,14,16). The number of halogens is 3. The minimum Gasteiger partial charge on any atom is -0.364 e. The van der Waals surface area contributed by atoms with Crippen molar-refractivity contribution in [2.45, 2.75) is 0 Å². The minimum atomic E-state index is -1.34. The maximum absolute atomic E-state index is 13.4. The summed E-state index contributed by atoms with van der Waals surface area (Å²) in [5.41, 5.74) is 4.24. The van der Waals surface area contributed by atoms with Gasteiger partial charge in [0.25, 0.3) is 5.91 Å². The van der Waals surface area contributed by atoms with E-state index in [0.717, 1.165) is 17.4 Å². The maximum atomic E-state index is 13.4. The molecule has 0 spiro atoms. The van der Waals surface area contributed by atoms with Crippen molar-refractivity contribution in [2.24, 2.45) is 5.73 Å². The van der Waals surface area contributed by atoms with E-state index in [1.807, 2.05) is 0 Å². The van der Waals surface area contributed by atoms with Crippen LogP contribution in [0.2, 0.25) is 0 Å². The lowest BCUT2D eigenvalue weighted by Crippen LogP contribution is -2.11. The fourth-order valence-corrected chi connectivity index (χ4v) is 2.07. The third kappa shape index (κ3) is 2.01. The smallest absolute Gasteiger partial charge is 0.268 e. The predicted molar refractivity (Wildman–Crippen MR) is 55.9 cm³/mol. The molecule has 0 radical (unpaired) electrons. The molecule has 0 bridgehead atoms. The van der Waals surface area contributed by atoms with Crippen molar-refractivity contribution in [3.8, 4) is 10.6 Å². The van der Waals surface area contributed by atoms with E-state index in [-0.39, 0.29) is 10.7 Å². The number of benzene rings is 1. The largest absolute Gasteiger partial charge is 0.364 e. The van der Waals surface area contributed by atoms with Crippen LogP contribution in [0.3, 0.4) is 0 Å². The summed E-state index contributed by atoms with van der Waals surface area (Å²) in [7, 11) is 0. The molecule has 1 heterocycles. The van der Waals surface area contributed by atoms with Gasteiger partial charge in [-0.05, 0) is 12.1 Å². The number of amides is 1. The molecule has 88 valence electrons. The van der Waals surface area contributed by atoms with Gasteiger partial charge < -0.3 is 5.73 Å². The lowest BCUT2D eigenvalue weighted by molar-refractivity contribution is 0.0996. The van der Waals surface area contributed by atoms with Crippen LogP contribution >= 0.6 is 11.3 Å². The number of aromatic nitrogens is 1. The normalized spacial score (nSPS) is 10.5. The summed E-state index contributed by atoms with van der Waals surface area (Å²) in [5, 5.41) is 1.12. The van der Waals surface area contributed by atoms with Crippen molar-refractivity contribution in [1.82, 2.24) is 4.98 Å². The van der Waals surface area contributed by atoms with Gasteiger partial charge in [-0.2, -0.15) is 0 Å². The SMILES string of the molecule is NC(=O)c1csc(-c2c(F)ccc(F)c2F)n1. The molecule has 0 saturated carbocycles. The van der Waals surface area contributed by atoms with Gasteiger partial charge in [-0.15, -0.1) is 11.3 Å². The van der Waals surface area contributed by atoms with Crippen LogP contribution in [0.1, 0.15) is 10.5 Å². The van der Waals surface area contributed by atoms with Gasteiger partial charge in [0.15, 0.2) is 11.6 Å². The zero-order valence-corrected chi connectivity index (χ0v) is 9.02. The average Bonchev–Trinajstić information content (AvgIpc) is 2.73. The lowest BCUT2D eigenvalue weighted by atomic mass is 10.2. The van der Waals surface area contributed by atoms with Crippen LogP contribution in [-0.4, -0.2) is 10.9 Å². The van der Waals surface area contributed by atoms with Crippen molar-refractivity contribution >= 4 is 17.2 Å². The molecule has 0 atom stereocenters. The van der Waals surface area contributed by atoms with E-state index >= 15 is 0 Å². The van der Waals surface area contributed by atoms with Crippen molar-refractivity contribution in [3.63, 3.8) is 0 Å². The summed E-state index contributed by atoms with van der Waals surface area (Å²) in [5.74, 6) is -4.29. The number of thiazole rings is 1. The molecular formula is C10H5F3N2OS. The third-order valence-electron chi connectivity index (χ3n) is 2.01. The molecule has 2 N–H and O–H groups in total. The highest BCUT2D eigenvalue weighted by Gasteiger charge is 2.19. The van der Waals surface area contributed by atoms with Crippen molar-refractivity contribution in [3.05, 3.63) is 40.7 Å². The van der Waals surface area contributed by atoms with Crippen molar-refractivity contribution in [2.75, 3.05) is 0 Å². The molecule has 0 fully saturated rings. The molecule has 1 aromatic heterocycles. The monoisotopic (exact) mass is 258 g/mol. The van der Waals surface area contributed by atoms with Crippen LogP contribution in [0.25, 0.3) is 10.6 Å². The van der Waals surface area contributed by atoms with Gasteiger partial charge in [0.2, 0.25) is 0 Å². The molecule has 2 rings (SSSR count). The first kappa shape index (κ1) is 11.6. The Morgan fingerprint density at radius 2 is 1.88 bits per heavy atom. The van der Waals surface area contributed by atoms with Crippen molar-refractivity contribution in [1.29, 1.82) is 0 Å². The first-order chi connectivity index (χ1) is 8.00. The first-order valence-electron chi connectivity index (χ1n) is 4.40. The van der Waals surface area contributed by atoms with Crippen LogP contribution in [0.15, 0.2) is 17.5 Å². The zero-order chi connectivity index (χ0) is 12.6. The van der Waals surface area contributed by atoms with Gasteiger partial charge in [-0.1, -0.05) is 0 Å². The van der Waals surface area contributed by atoms with E-state index in [9.17, 15) is 18.0 Å². The summed E-state index contributed by atoms with van der Waals surface area (Å²) in [6.45, 7) is 0. The average molecular weight is 258 g/mol. The van der Waals surface area contributed by atoms with E-state index in [1.54, 1.807) is 0 Å². The van der Waals surface area contributed by atoms with Crippen LogP contribution in [-0.2, 0) is 0 Å². The molecular weight excluding hydrogens is 253 g/mol. The van der Waals surface area contributed by atoms with Gasteiger partial charge in [-0.3, -0.25) is 4.79 Å². The number of hydrogen-bond donors (Lipinski definition) is 1. The van der Waals surface area contributed by atoms with Gasteiger partial charge in [0.05, 0.1) is 5.56 Å². The second-order valence-corrected chi connectivity index (χ2v) is 3.98. The number of carbonyl (C=O) groups is 1. The van der Waals surface area contributed by atoms with Crippen molar-refractivity contribution < 1.29 is 18.0 Å². The number of nitrogens with zero attached hydrogens (tertiary/aromatic N) is 1. The molecule has 0 aliphatic carbocycles. The summed E-state index contributed by atoms with van der Waals surface area (Å²) in [4.78, 5) is 14.4. The van der Waals surface area contributed by atoms with Gasteiger partial charge in [-0.25, -0.2) is 18.2 Å². The van der Waals surface area contributed by atoms with E-state index in [2.05, 4.69) is 4.98 Å². The summed E-state index contributed by atoms with van der Waals surface area (Å²) in [6, 6.07) is 1.47. The Bertz CT molecular complexity index is 597. The molecule has 0 unspecified atom stereocenters. The molecule has 0 aliphatic heterocycles. The third-order valence-corrected chi connectivity index (χ3v) is 2.87. The lowest BCUT2D eigenvalue weighted by Gasteiger charge is -2.01. The Morgan fingerprint density at radius 3 is 2.47 bits per heavy atom. The highest BCUT2D eigenvalue weighted by Crippen LogP contribution is 2.30. The maximum Gasteiger partial charge on any atom is 0.268 e. The summed E-state index contributed by atoms with van der Waals surface area (Å²) < 4.78 is 39.7. The quantitative estimate of drug-likeness (QED) is 0.840. The van der Waals surface area contributed by atoms with Crippen LogP contribution < -0.4 is 5.73 Å². The molecule has 1 aromatic carbocycles. The highest BCUT2D eigenvalue weighted by molar-refractivity contribution is 7.13. The fourth-order valence-electron chi connectivity index (χ4n) is 1.22. The Hall–Kier alpha value is -1.89. The number of hydrogen-bond acceptors (Lipinski definition) is 3. The number of rotatable bonds is 2. The molecule has 17 heavy (non-hydrogen) atoms. The Balaban J connectivity index is 2.60. The van der Waals surface area contributed by atoms with Crippen LogP contribution in [0.5, 0.6) is 0 Å². The van der Waals surface area contributed by atoms with Gasteiger partial charge in [0.1, 0.15) is 16.5 Å². The van der Waals surface area contributed by atoms with Gasteiger partial charge in [0, 0.05) is 5.38 Å². The Kier molecular flexibility index (Phi) is 2.84. The molecule has 3 nitrogen and oxygen atoms in total. The summed E-state index contributed by atoms with van der Waals surface area (Å²) in [6.07, 6.45) is 0. The number of primary amides is 1. The molecule has 1 amide bonds. The van der Waals surface area contributed by atoms with E-state index in [1.165, 1.54) is 5.38 Å². The van der Waals surface area contributed by atoms with E-state index in [4.69, 9.17) is 5.73 Å². The van der Waals surface area contributed by atoms with Crippen LogP contribution in [0, 0.1) is 17.5 Å². The predicted octanol–water partition coefficient (Wildman–Crippen LogP) is 2.33. The number of carbonyl (C=O) groups excluding carboxylic acids is 1. The summed E-state index contributed by atoms with van der Waals surface area (Å²) >= 11 is 0.809. The molecule has 0 saturated heterocycles. The second kappa shape index (κ2) is 4.17. The van der Waals surface area contributed by atoms with E-state index < -0.39 is 28.9 Å². The second-order valence-electron chi connectivity index (χ2n) is 3.12. The number of nitrogens with two attached hydrogens (primary N) is 1. The van der Waals surface area contributed by atoms with E-state index in [0.29, 0.717) is 6.07 Å². The topological polar surface area (TPSA) is 56.0 Å². The highest BCUT2D eigenvalue weighted by atomic mass is 32.1.